The predicted molar refractivity (Wildman–Crippen MR) is 135 cm³/mol. The average molecular weight is 442 g/mol. The van der Waals surface area contributed by atoms with E-state index >= 15 is 0 Å². The second-order valence-electron chi connectivity index (χ2n) is 8.68. The number of hydrogen-bond donors (Lipinski definition) is 2. The van der Waals surface area contributed by atoms with Crippen molar-refractivity contribution < 1.29 is 0 Å². The molecule has 0 radical (unpaired) electrons. The maximum absolute atomic E-state index is 6.19. The number of rotatable bonds is 7. The first-order valence-electron chi connectivity index (χ1n) is 11.4. The first-order valence-corrected chi connectivity index (χ1v) is 11.8. The Bertz CT molecular complexity index is 1200. The molecule has 1 atom stereocenters. The summed E-state index contributed by atoms with van der Waals surface area (Å²) in [5.74, 6) is 1.58. The summed E-state index contributed by atoms with van der Waals surface area (Å²) in [6.45, 7) is 2.11. The normalized spacial score (nSPS) is 15.5. The Balaban J connectivity index is 1.12. The molecule has 1 heterocycles. The zero-order valence-electron chi connectivity index (χ0n) is 18.2. The maximum Gasteiger partial charge on any atom is 0.138 e. The first-order chi connectivity index (χ1) is 15.7. The van der Waals surface area contributed by atoms with Crippen molar-refractivity contribution in [2.75, 3.05) is 18.4 Å². The third kappa shape index (κ3) is 4.95. The van der Waals surface area contributed by atoms with E-state index < -0.39 is 0 Å². The molecule has 0 saturated heterocycles. The molecule has 3 nitrogen and oxygen atoms in total. The largest absolute Gasteiger partial charge is 0.340 e. The molecule has 1 aliphatic carbocycles. The van der Waals surface area contributed by atoms with Crippen LogP contribution in [0.5, 0.6) is 0 Å². The van der Waals surface area contributed by atoms with Crippen molar-refractivity contribution in [3.63, 3.8) is 0 Å². The summed E-state index contributed by atoms with van der Waals surface area (Å²) in [5, 5.41) is 9.97. The molecule has 1 aromatic heterocycles. The molecule has 1 aliphatic rings. The van der Waals surface area contributed by atoms with E-state index in [4.69, 9.17) is 11.6 Å². The lowest BCUT2D eigenvalue weighted by Crippen LogP contribution is -2.28. The van der Waals surface area contributed by atoms with Crippen LogP contribution in [0, 0.1) is 5.92 Å². The Hall–Kier alpha value is -2.88. The molecule has 3 aromatic carbocycles. The van der Waals surface area contributed by atoms with Crippen molar-refractivity contribution in [2.45, 2.75) is 25.7 Å². The molecule has 4 heteroatoms. The van der Waals surface area contributed by atoms with Crippen molar-refractivity contribution in [3.05, 3.63) is 101 Å². The van der Waals surface area contributed by atoms with Gasteiger partial charge >= 0.3 is 0 Å². The van der Waals surface area contributed by atoms with Gasteiger partial charge in [-0.05, 0) is 97.1 Å². The molecule has 0 aliphatic heterocycles. The SMILES string of the molecule is Clc1ccc2ccnc(Nc3ccc(CCNCC4CCc5ccccc5C4)cc3)c2c1. The van der Waals surface area contributed by atoms with E-state index in [1.165, 1.54) is 30.4 Å². The van der Waals surface area contributed by atoms with Gasteiger partial charge in [-0.15, -0.1) is 0 Å². The molecule has 162 valence electrons. The summed E-state index contributed by atoms with van der Waals surface area (Å²) in [4.78, 5) is 4.51. The van der Waals surface area contributed by atoms with Crippen LogP contribution >= 0.6 is 11.6 Å². The topological polar surface area (TPSA) is 37.0 Å². The van der Waals surface area contributed by atoms with E-state index in [9.17, 15) is 0 Å². The highest BCUT2D eigenvalue weighted by atomic mass is 35.5. The Kier molecular flexibility index (Phi) is 6.38. The van der Waals surface area contributed by atoms with Gasteiger partial charge in [0.1, 0.15) is 5.82 Å². The molecule has 1 unspecified atom stereocenters. The van der Waals surface area contributed by atoms with Gasteiger partial charge in [0.15, 0.2) is 0 Å². The van der Waals surface area contributed by atoms with Crippen LogP contribution in [0.25, 0.3) is 10.8 Å². The second-order valence-corrected chi connectivity index (χ2v) is 9.12. The number of hydrogen-bond acceptors (Lipinski definition) is 3. The molecule has 0 fully saturated rings. The zero-order valence-corrected chi connectivity index (χ0v) is 18.9. The van der Waals surface area contributed by atoms with Gasteiger partial charge in [-0.1, -0.05) is 54.1 Å². The van der Waals surface area contributed by atoms with Gasteiger partial charge in [-0.25, -0.2) is 4.98 Å². The second kappa shape index (κ2) is 9.72. The van der Waals surface area contributed by atoms with Gasteiger partial charge in [-0.3, -0.25) is 0 Å². The van der Waals surface area contributed by atoms with Crippen molar-refractivity contribution in [1.82, 2.24) is 10.3 Å². The summed E-state index contributed by atoms with van der Waals surface area (Å²) in [7, 11) is 0. The minimum absolute atomic E-state index is 0.717. The fourth-order valence-electron chi connectivity index (χ4n) is 4.62. The molecule has 0 spiro atoms. The Morgan fingerprint density at radius 1 is 0.938 bits per heavy atom. The Morgan fingerprint density at radius 2 is 1.78 bits per heavy atom. The third-order valence-corrected chi connectivity index (χ3v) is 6.65. The highest BCUT2D eigenvalue weighted by molar-refractivity contribution is 6.31. The number of aryl methyl sites for hydroxylation is 1. The molecule has 0 saturated carbocycles. The molecule has 2 N–H and O–H groups in total. The average Bonchev–Trinajstić information content (AvgIpc) is 2.83. The lowest BCUT2D eigenvalue weighted by Gasteiger charge is -2.24. The molecule has 0 amide bonds. The van der Waals surface area contributed by atoms with Gasteiger partial charge in [0.25, 0.3) is 0 Å². The Morgan fingerprint density at radius 3 is 2.66 bits per heavy atom. The number of nitrogens with zero attached hydrogens (tertiary/aromatic N) is 1. The van der Waals surface area contributed by atoms with Gasteiger partial charge < -0.3 is 10.6 Å². The lowest BCUT2D eigenvalue weighted by atomic mass is 9.84. The molecule has 0 bridgehead atoms. The zero-order chi connectivity index (χ0) is 21.8. The van der Waals surface area contributed by atoms with Crippen molar-refractivity contribution in [1.29, 1.82) is 0 Å². The summed E-state index contributed by atoms with van der Waals surface area (Å²) in [6, 6.07) is 25.4. The van der Waals surface area contributed by atoms with Crippen LogP contribution in [-0.2, 0) is 19.3 Å². The van der Waals surface area contributed by atoms with Gasteiger partial charge in [0, 0.05) is 22.3 Å². The Labute approximate surface area is 194 Å². The highest BCUT2D eigenvalue weighted by Crippen LogP contribution is 2.27. The number of aromatic nitrogens is 1. The summed E-state index contributed by atoms with van der Waals surface area (Å²) in [5.41, 5.74) is 5.45. The number of benzene rings is 3. The third-order valence-electron chi connectivity index (χ3n) is 6.42. The van der Waals surface area contributed by atoms with E-state index in [1.807, 2.05) is 30.5 Å². The molecular weight excluding hydrogens is 414 g/mol. The maximum atomic E-state index is 6.19. The number of pyridine rings is 1. The van der Waals surface area contributed by atoms with Crippen molar-refractivity contribution in [3.8, 4) is 0 Å². The molecule has 32 heavy (non-hydrogen) atoms. The van der Waals surface area contributed by atoms with E-state index in [-0.39, 0.29) is 0 Å². The monoisotopic (exact) mass is 441 g/mol. The summed E-state index contributed by atoms with van der Waals surface area (Å²) in [6.07, 6.45) is 6.57. The van der Waals surface area contributed by atoms with E-state index in [2.05, 4.69) is 64.1 Å². The van der Waals surface area contributed by atoms with Crippen LogP contribution in [0.2, 0.25) is 5.02 Å². The fourth-order valence-corrected chi connectivity index (χ4v) is 4.79. The van der Waals surface area contributed by atoms with Gasteiger partial charge in [0.05, 0.1) is 0 Å². The van der Waals surface area contributed by atoms with Crippen molar-refractivity contribution >= 4 is 33.9 Å². The number of fused-ring (bicyclic) bond motifs is 2. The lowest BCUT2D eigenvalue weighted by molar-refractivity contribution is 0.426. The predicted octanol–water partition coefficient (Wildman–Crippen LogP) is 6.57. The standard InChI is InChI=1S/C28H28ClN3/c29-25-10-9-23-14-16-31-28(27(23)18-25)32-26-11-6-20(7-12-26)13-15-30-19-21-5-8-22-3-1-2-4-24(22)17-21/h1-4,6-7,9-12,14,16,18,21,30H,5,8,13,15,17,19H2,(H,31,32). The van der Waals surface area contributed by atoms with Gasteiger partial charge in [0.2, 0.25) is 0 Å². The smallest absolute Gasteiger partial charge is 0.138 e. The van der Waals surface area contributed by atoms with Crippen LogP contribution in [0.4, 0.5) is 11.5 Å². The number of halogens is 1. The van der Waals surface area contributed by atoms with E-state index in [0.717, 1.165) is 47.7 Å². The van der Waals surface area contributed by atoms with Crippen LogP contribution in [0.1, 0.15) is 23.1 Å². The van der Waals surface area contributed by atoms with Gasteiger partial charge in [-0.2, -0.15) is 0 Å². The molecule has 5 rings (SSSR count). The first kappa shape index (κ1) is 21.0. The summed E-state index contributed by atoms with van der Waals surface area (Å²) < 4.78 is 0. The number of anilines is 2. The minimum atomic E-state index is 0.717. The van der Waals surface area contributed by atoms with E-state index in [1.54, 1.807) is 5.56 Å². The fraction of sp³-hybridized carbons (Fsp3) is 0.250. The van der Waals surface area contributed by atoms with Crippen LogP contribution in [0.3, 0.4) is 0 Å². The molecule has 4 aromatic rings. The summed E-state index contributed by atoms with van der Waals surface area (Å²) >= 11 is 6.19. The quantitative estimate of drug-likeness (QED) is 0.318. The van der Waals surface area contributed by atoms with Crippen LogP contribution in [0.15, 0.2) is 79.0 Å². The highest BCUT2D eigenvalue weighted by Gasteiger charge is 2.17. The van der Waals surface area contributed by atoms with E-state index in [0.29, 0.717) is 5.02 Å². The molecular formula is C28H28ClN3. The van der Waals surface area contributed by atoms with Crippen LogP contribution < -0.4 is 10.6 Å². The van der Waals surface area contributed by atoms with Crippen LogP contribution in [-0.4, -0.2) is 18.1 Å². The van der Waals surface area contributed by atoms with Crippen molar-refractivity contribution in [2.24, 2.45) is 5.92 Å². The minimum Gasteiger partial charge on any atom is -0.340 e. The number of nitrogens with one attached hydrogen (secondary N) is 2.